The van der Waals surface area contributed by atoms with Crippen LogP contribution >= 0.6 is 11.3 Å². The second-order valence-electron chi connectivity index (χ2n) is 7.54. The van der Waals surface area contributed by atoms with Gasteiger partial charge < -0.3 is 0 Å². The molecular weight excluding hydrogens is 448 g/mol. The van der Waals surface area contributed by atoms with E-state index in [1.165, 1.54) is 42.7 Å². The second-order valence-corrected chi connectivity index (χ2v) is 9.96. The minimum atomic E-state index is -3.74. The van der Waals surface area contributed by atoms with Crippen LogP contribution in [0.5, 0.6) is 0 Å². The van der Waals surface area contributed by atoms with Gasteiger partial charge in [-0.2, -0.15) is 0 Å². The molecular formula is C21H24N6O3S2. The van der Waals surface area contributed by atoms with Crippen LogP contribution < -0.4 is 15.8 Å². The first kappa shape index (κ1) is 22.3. The standard InChI is InChI=1S/C21H24N6O3S2/c22-32(29,30)17-9-7-15(8-10-17)20-24-19(14-31-20)26-21(28)25-18-6-4-5-16(23-18)13-27-11-2-1-3-12-27/h4-10,14H,1-3,11-13H2,(H2,22,29,30)(H2,23,25,26,28). The van der Waals surface area contributed by atoms with Gasteiger partial charge in [-0.1, -0.05) is 24.6 Å². The van der Waals surface area contributed by atoms with Gasteiger partial charge in [0.2, 0.25) is 10.0 Å². The number of urea groups is 1. The topological polar surface area (TPSA) is 130 Å². The van der Waals surface area contributed by atoms with E-state index in [1.807, 2.05) is 12.1 Å². The van der Waals surface area contributed by atoms with E-state index >= 15 is 0 Å². The van der Waals surface area contributed by atoms with Gasteiger partial charge in [-0.3, -0.25) is 15.5 Å². The number of carbonyl (C=O) groups excluding carboxylic acids is 1. The number of hydrogen-bond donors (Lipinski definition) is 3. The number of carbonyl (C=O) groups is 1. The van der Waals surface area contributed by atoms with Gasteiger partial charge in [0.05, 0.1) is 10.6 Å². The van der Waals surface area contributed by atoms with Gasteiger partial charge in [0.15, 0.2) is 0 Å². The van der Waals surface area contributed by atoms with E-state index in [0.717, 1.165) is 30.9 Å². The minimum absolute atomic E-state index is 0.0329. The Morgan fingerprint density at radius 2 is 1.72 bits per heavy atom. The summed E-state index contributed by atoms with van der Waals surface area (Å²) >= 11 is 1.33. The van der Waals surface area contributed by atoms with Crippen molar-refractivity contribution in [3.8, 4) is 10.6 Å². The lowest BCUT2D eigenvalue weighted by atomic mass is 10.1. The molecule has 2 aromatic heterocycles. The van der Waals surface area contributed by atoms with Crippen molar-refractivity contribution >= 4 is 39.0 Å². The zero-order chi connectivity index (χ0) is 22.6. The number of anilines is 2. The van der Waals surface area contributed by atoms with Crippen LogP contribution in [0, 0.1) is 0 Å². The number of benzene rings is 1. The predicted octanol–water partition coefficient (Wildman–Crippen LogP) is 3.48. The summed E-state index contributed by atoms with van der Waals surface area (Å²) in [5.74, 6) is 0.869. The molecule has 168 valence electrons. The van der Waals surface area contributed by atoms with E-state index in [-0.39, 0.29) is 4.90 Å². The van der Waals surface area contributed by atoms with Crippen LogP contribution in [0.2, 0.25) is 0 Å². The number of rotatable bonds is 6. The van der Waals surface area contributed by atoms with Crippen molar-refractivity contribution in [2.45, 2.75) is 30.7 Å². The highest BCUT2D eigenvalue weighted by Crippen LogP contribution is 2.26. The number of nitrogens with two attached hydrogens (primary N) is 1. The number of aromatic nitrogens is 2. The second kappa shape index (κ2) is 9.74. The maximum atomic E-state index is 12.4. The van der Waals surface area contributed by atoms with Crippen molar-refractivity contribution in [1.82, 2.24) is 14.9 Å². The lowest BCUT2D eigenvalue weighted by Crippen LogP contribution is -2.29. The van der Waals surface area contributed by atoms with E-state index in [1.54, 1.807) is 23.6 Å². The molecule has 4 N–H and O–H groups in total. The first-order valence-electron chi connectivity index (χ1n) is 10.2. The molecule has 0 aliphatic carbocycles. The summed E-state index contributed by atoms with van der Waals surface area (Å²) in [6, 6.07) is 11.3. The predicted molar refractivity (Wildman–Crippen MR) is 125 cm³/mol. The summed E-state index contributed by atoms with van der Waals surface area (Å²) in [5.41, 5.74) is 1.64. The van der Waals surface area contributed by atoms with Gasteiger partial charge in [0, 0.05) is 17.5 Å². The van der Waals surface area contributed by atoms with Crippen molar-refractivity contribution in [2.24, 2.45) is 5.14 Å². The Morgan fingerprint density at radius 3 is 2.44 bits per heavy atom. The van der Waals surface area contributed by atoms with Gasteiger partial charge in [-0.25, -0.2) is 28.3 Å². The number of primary sulfonamides is 1. The maximum absolute atomic E-state index is 12.4. The molecule has 1 aliphatic rings. The summed E-state index contributed by atoms with van der Waals surface area (Å²) in [7, 11) is -3.74. The molecule has 11 heteroatoms. The number of amides is 2. The van der Waals surface area contributed by atoms with Gasteiger partial charge in [-0.15, -0.1) is 11.3 Å². The van der Waals surface area contributed by atoms with Crippen LogP contribution in [0.4, 0.5) is 16.4 Å². The lowest BCUT2D eigenvalue weighted by molar-refractivity contribution is 0.218. The molecule has 2 amide bonds. The minimum Gasteiger partial charge on any atom is -0.298 e. The fourth-order valence-corrected chi connectivity index (χ4v) is 4.77. The first-order chi connectivity index (χ1) is 15.4. The molecule has 0 bridgehead atoms. The molecule has 0 spiro atoms. The summed E-state index contributed by atoms with van der Waals surface area (Å²) in [6.45, 7) is 2.93. The molecule has 0 radical (unpaired) electrons. The maximum Gasteiger partial charge on any atom is 0.326 e. The monoisotopic (exact) mass is 472 g/mol. The fraction of sp³-hybridized carbons (Fsp3) is 0.286. The molecule has 1 aliphatic heterocycles. The van der Waals surface area contributed by atoms with Crippen LogP contribution in [0.15, 0.2) is 52.7 Å². The largest absolute Gasteiger partial charge is 0.326 e. The zero-order valence-electron chi connectivity index (χ0n) is 17.3. The van der Waals surface area contributed by atoms with Crippen molar-refractivity contribution in [2.75, 3.05) is 23.7 Å². The Balaban J connectivity index is 1.36. The van der Waals surface area contributed by atoms with Gasteiger partial charge in [-0.05, 0) is 50.2 Å². The number of sulfonamides is 1. The average Bonchev–Trinajstić information content (AvgIpc) is 3.22. The quantitative estimate of drug-likeness (QED) is 0.503. The Bertz CT molecular complexity index is 1190. The van der Waals surface area contributed by atoms with E-state index in [2.05, 4.69) is 25.5 Å². The van der Waals surface area contributed by atoms with Gasteiger partial charge in [0.25, 0.3) is 0 Å². The molecule has 4 rings (SSSR count). The molecule has 3 heterocycles. The van der Waals surface area contributed by atoms with Crippen LogP contribution in [-0.4, -0.2) is 42.4 Å². The Hall–Kier alpha value is -2.86. The normalized spacial score (nSPS) is 14.8. The number of nitrogens with one attached hydrogen (secondary N) is 2. The van der Waals surface area contributed by atoms with Gasteiger partial charge in [0.1, 0.15) is 16.6 Å². The van der Waals surface area contributed by atoms with E-state index < -0.39 is 16.1 Å². The van der Waals surface area contributed by atoms with Crippen molar-refractivity contribution in [3.63, 3.8) is 0 Å². The highest BCUT2D eigenvalue weighted by atomic mass is 32.2. The molecule has 0 saturated carbocycles. The smallest absolute Gasteiger partial charge is 0.298 e. The summed E-state index contributed by atoms with van der Waals surface area (Å²) in [5, 5.41) is 12.9. The van der Waals surface area contributed by atoms with Crippen LogP contribution in [0.1, 0.15) is 25.0 Å². The fourth-order valence-electron chi connectivity index (χ4n) is 3.50. The number of nitrogens with zero attached hydrogens (tertiary/aromatic N) is 3. The summed E-state index contributed by atoms with van der Waals surface area (Å²) in [6.07, 6.45) is 3.71. The number of thiazole rings is 1. The van der Waals surface area contributed by atoms with E-state index in [9.17, 15) is 13.2 Å². The molecule has 0 atom stereocenters. The molecule has 3 aromatic rings. The highest BCUT2D eigenvalue weighted by Gasteiger charge is 2.13. The Kier molecular flexibility index (Phi) is 6.80. The number of pyridine rings is 1. The van der Waals surface area contributed by atoms with Crippen molar-refractivity contribution < 1.29 is 13.2 Å². The third-order valence-electron chi connectivity index (χ3n) is 5.06. The lowest BCUT2D eigenvalue weighted by Gasteiger charge is -2.26. The Morgan fingerprint density at radius 1 is 1.00 bits per heavy atom. The Labute approximate surface area is 190 Å². The van der Waals surface area contributed by atoms with E-state index in [4.69, 9.17) is 5.14 Å². The molecule has 9 nitrogen and oxygen atoms in total. The number of likely N-dealkylation sites (tertiary alicyclic amines) is 1. The molecule has 1 aromatic carbocycles. The third-order valence-corrected chi connectivity index (χ3v) is 6.88. The van der Waals surface area contributed by atoms with Crippen molar-refractivity contribution in [3.05, 3.63) is 53.5 Å². The molecule has 1 fully saturated rings. The highest BCUT2D eigenvalue weighted by molar-refractivity contribution is 7.89. The third kappa shape index (κ3) is 5.88. The SMILES string of the molecule is NS(=O)(=O)c1ccc(-c2nc(NC(=O)Nc3cccc(CN4CCCCC4)n3)cs2)cc1. The zero-order valence-corrected chi connectivity index (χ0v) is 19.0. The van der Waals surface area contributed by atoms with E-state index in [0.29, 0.717) is 16.6 Å². The molecule has 1 saturated heterocycles. The summed E-state index contributed by atoms with van der Waals surface area (Å²) in [4.78, 5) is 23.7. The van der Waals surface area contributed by atoms with Crippen molar-refractivity contribution in [1.29, 1.82) is 0 Å². The number of piperidine rings is 1. The van der Waals surface area contributed by atoms with Gasteiger partial charge >= 0.3 is 6.03 Å². The number of hydrogen-bond acceptors (Lipinski definition) is 7. The summed E-state index contributed by atoms with van der Waals surface area (Å²) < 4.78 is 22.8. The average molecular weight is 473 g/mol. The molecule has 32 heavy (non-hydrogen) atoms. The van der Waals surface area contributed by atoms with Crippen LogP contribution in [0.25, 0.3) is 10.6 Å². The van der Waals surface area contributed by atoms with Crippen LogP contribution in [-0.2, 0) is 16.6 Å². The van der Waals surface area contributed by atoms with Crippen LogP contribution in [0.3, 0.4) is 0 Å². The molecule has 0 unspecified atom stereocenters. The first-order valence-corrected chi connectivity index (χ1v) is 12.6.